The number of ether oxygens (including phenoxy) is 1. The molecule has 46 heavy (non-hydrogen) atoms. The Hall–Kier alpha value is -5.78. The maximum absolute atomic E-state index is 14.9. The number of carbonyl (C=O) groups excluding carboxylic acids is 2. The number of rotatable bonds is 9. The zero-order valence-corrected chi connectivity index (χ0v) is 25.5. The highest BCUT2D eigenvalue weighted by Gasteiger charge is 2.24. The zero-order chi connectivity index (χ0) is 33.0. The van der Waals surface area contributed by atoms with Crippen molar-refractivity contribution >= 4 is 23.7 Å². The lowest BCUT2D eigenvalue weighted by molar-refractivity contribution is -0.139. The molecule has 236 valence electrons. The number of hydrogen-bond donors (Lipinski definition) is 3. The van der Waals surface area contributed by atoms with Crippen LogP contribution in [0.25, 0.3) is 34.2 Å². The van der Waals surface area contributed by atoms with Gasteiger partial charge < -0.3 is 24.1 Å². The van der Waals surface area contributed by atoms with Gasteiger partial charge in [-0.3, -0.25) is 10.1 Å². The first-order chi connectivity index (χ1) is 21.8. The van der Waals surface area contributed by atoms with E-state index in [0.29, 0.717) is 22.6 Å². The highest BCUT2D eigenvalue weighted by Crippen LogP contribution is 2.27. The number of carboxylic acids is 1. The van der Waals surface area contributed by atoms with Gasteiger partial charge in [-0.05, 0) is 81.8 Å². The molecule has 3 aromatic carbocycles. The van der Waals surface area contributed by atoms with Gasteiger partial charge in [-0.15, -0.1) is 0 Å². The van der Waals surface area contributed by atoms with Crippen LogP contribution in [-0.2, 0) is 16.0 Å². The Labute approximate surface area is 263 Å². The summed E-state index contributed by atoms with van der Waals surface area (Å²) in [6.45, 7) is 7.23. The molecular weight excluding hydrogens is 595 g/mol. The molecule has 11 nitrogen and oxygen atoms in total. The Kier molecular flexibility index (Phi) is 8.99. The lowest BCUT2D eigenvalue weighted by Gasteiger charge is -2.19. The first-order valence-corrected chi connectivity index (χ1v) is 14.3. The van der Waals surface area contributed by atoms with E-state index in [1.165, 1.54) is 24.3 Å². The second kappa shape index (κ2) is 13.1. The van der Waals surface area contributed by atoms with Crippen molar-refractivity contribution in [2.45, 2.75) is 45.8 Å². The molecule has 3 N–H and O–H groups in total. The summed E-state index contributed by atoms with van der Waals surface area (Å²) in [5.41, 5.74) is 2.59. The van der Waals surface area contributed by atoms with Crippen molar-refractivity contribution in [1.82, 2.24) is 15.5 Å². The quantitative estimate of drug-likeness (QED) is 0.159. The molecule has 12 heteroatoms. The van der Waals surface area contributed by atoms with Crippen LogP contribution in [0.4, 0.5) is 14.9 Å². The summed E-state index contributed by atoms with van der Waals surface area (Å²) in [7, 11) is 0. The number of benzene rings is 3. The molecule has 0 fully saturated rings. The summed E-state index contributed by atoms with van der Waals surface area (Å²) in [6, 6.07) is 19.8. The minimum atomic E-state index is -1.34. The molecule has 0 aliphatic rings. The van der Waals surface area contributed by atoms with Crippen molar-refractivity contribution in [1.29, 1.82) is 0 Å². The van der Waals surface area contributed by atoms with Gasteiger partial charge in [-0.2, -0.15) is 4.98 Å². The average Bonchev–Trinajstić information content (AvgIpc) is 3.69. The molecule has 5 rings (SSSR count). The van der Waals surface area contributed by atoms with Crippen LogP contribution in [0.5, 0.6) is 0 Å². The van der Waals surface area contributed by atoms with E-state index in [-0.39, 0.29) is 29.5 Å². The second-order valence-corrected chi connectivity index (χ2v) is 11.5. The number of nitrogens with zero attached hydrogens (tertiary/aromatic N) is 2. The molecule has 0 saturated heterocycles. The number of hydrogen-bond acceptors (Lipinski definition) is 8. The molecular formula is C34H31FN4O7. The first kappa shape index (κ1) is 31.6. The van der Waals surface area contributed by atoms with E-state index in [2.05, 4.69) is 20.8 Å². The minimum absolute atomic E-state index is 0.0139. The highest BCUT2D eigenvalue weighted by molar-refractivity contribution is 5.95. The fourth-order valence-corrected chi connectivity index (χ4v) is 4.44. The summed E-state index contributed by atoms with van der Waals surface area (Å²) >= 11 is 0. The number of halogens is 1. The van der Waals surface area contributed by atoms with Crippen LogP contribution >= 0.6 is 0 Å². The molecule has 5 aromatic rings. The van der Waals surface area contributed by atoms with Crippen LogP contribution in [0.1, 0.15) is 42.5 Å². The van der Waals surface area contributed by atoms with Crippen molar-refractivity contribution in [2.24, 2.45) is 0 Å². The van der Waals surface area contributed by atoms with E-state index in [0.717, 1.165) is 11.1 Å². The molecule has 2 amide bonds. The van der Waals surface area contributed by atoms with E-state index in [1.54, 1.807) is 51.1 Å². The smallest absolute Gasteiger partial charge is 0.412 e. The van der Waals surface area contributed by atoms with E-state index >= 15 is 0 Å². The van der Waals surface area contributed by atoms with Gasteiger partial charge in [0.1, 0.15) is 23.2 Å². The number of furan rings is 1. The molecule has 0 spiro atoms. The van der Waals surface area contributed by atoms with E-state index in [9.17, 15) is 23.9 Å². The fourth-order valence-electron chi connectivity index (χ4n) is 4.44. The fraction of sp³-hybridized carbons (Fsp3) is 0.206. The third kappa shape index (κ3) is 7.83. The molecule has 2 aromatic heterocycles. The molecule has 2 heterocycles. The van der Waals surface area contributed by atoms with Gasteiger partial charge in [0.25, 0.3) is 11.8 Å². The maximum Gasteiger partial charge on any atom is 0.412 e. The second-order valence-electron chi connectivity index (χ2n) is 11.5. The van der Waals surface area contributed by atoms with Crippen molar-refractivity contribution in [3.05, 3.63) is 102 Å². The van der Waals surface area contributed by atoms with Gasteiger partial charge in [0, 0.05) is 23.2 Å². The van der Waals surface area contributed by atoms with Crippen molar-refractivity contribution < 1.29 is 37.6 Å². The average molecular weight is 627 g/mol. The molecule has 0 aliphatic carbocycles. The molecule has 0 aliphatic heterocycles. The van der Waals surface area contributed by atoms with Gasteiger partial charge in [-0.25, -0.2) is 14.0 Å². The third-order valence-electron chi connectivity index (χ3n) is 6.68. The monoisotopic (exact) mass is 626 g/mol. The molecule has 0 saturated carbocycles. The highest BCUT2D eigenvalue weighted by atomic mass is 19.1. The van der Waals surface area contributed by atoms with Crippen molar-refractivity contribution in [2.75, 3.05) is 5.32 Å². The Morgan fingerprint density at radius 2 is 1.65 bits per heavy atom. The number of aryl methyl sites for hydroxylation is 1. The Bertz CT molecular complexity index is 1870. The SMILES string of the molecule is Cc1ccc(-c2ccc(C(=O)NC(Cc3ccc(F)c(-c4noc(-c5ccc(NC(=O)OC(C)(C)C)cc5)n4)c3)C(=O)O)o2)cc1. The predicted molar refractivity (Wildman–Crippen MR) is 166 cm³/mol. The molecule has 0 radical (unpaired) electrons. The standard InChI is InChI=1S/C34H31FN4O7/c1-19-5-8-21(9-6-19)27-15-16-28(44-27)30(40)37-26(32(41)42)18-20-7-14-25(35)24(17-20)29-38-31(46-39-29)22-10-12-23(13-11-22)36-33(43)45-34(2,3)4/h5-17,26H,18H2,1-4H3,(H,36,43)(H,37,40)(H,41,42). The first-order valence-electron chi connectivity index (χ1n) is 14.3. The van der Waals surface area contributed by atoms with Crippen molar-refractivity contribution in [3.63, 3.8) is 0 Å². The van der Waals surface area contributed by atoms with Gasteiger partial charge in [-0.1, -0.05) is 41.1 Å². The van der Waals surface area contributed by atoms with Crippen LogP contribution < -0.4 is 10.6 Å². The van der Waals surface area contributed by atoms with Gasteiger partial charge in [0.15, 0.2) is 5.76 Å². The summed E-state index contributed by atoms with van der Waals surface area (Å²) < 4.78 is 31.1. The van der Waals surface area contributed by atoms with Crippen LogP contribution in [0.15, 0.2) is 87.8 Å². The predicted octanol–water partition coefficient (Wildman–Crippen LogP) is 6.88. The van der Waals surface area contributed by atoms with E-state index in [1.807, 2.05) is 31.2 Å². The molecule has 1 unspecified atom stereocenters. The zero-order valence-electron chi connectivity index (χ0n) is 25.5. The van der Waals surface area contributed by atoms with Gasteiger partial charge in [0.2, 0.25) is 5.82 Å². The Balaban J connectivity index is 1.27. The number of amides is 2. The summed E-state index contributed by atoms with van der Waals surface area (Å²) in [4.78, 5) is 41.2. The number of aliphatic carboxylic acids is 1. The Morgan fingerprint density at radius 3 is 2.33 bits per heavy atom. The number of carboxylic acid groups (broad SMARTS) is 1. The van der Waals surface area contributed by atoms with E-state index in [4.69, 9.17) is 13.7 Å². The maximum atomic E-state index is 14.9. The molecule has 0 bridgehead atoms. The number of carbonyl (C=O) groups is 3. The van der Waals surface area contributed by atoms with Gasteiger partial charge >= 0.3 is 12.1 Å². The largest absolute Gasteiger partial charge is 0.480 e. The van der Waals surface area contributed by atoms with E-state index < -0.39 is 35.4 Å². The van der Waals surface area contributed by atoms with Gasteiger partial charge in [0.05, 0.1) is 5.56 Å². The normalized spacial score (nSPS) is 11.9. The lowest BCUT2D eigenvalue weighted by Crippen LogP contribution is -2.42. The van der Waals surface area contributed by atoms with Crippen LogP contribution in [0, 0.1) is 12.7 Å². The Morgan fingerprint density at radius 1 is 0.957 bits per heavy atom. The third-order valence-corrected chi connectivity index (χ3v) is 6.68. The van der Waals surface area contributed by atoms with Crippen molar-refractivity contribution in [3.8, 4) is 34.2 Å². The summed E-state index contributed by atoms with van der Waals surface area (Å²) in [6.07, 6.45) is -0.759. The topological polar surface area (TPSA) is 157 Å². The number of anilines is 1. The lowest BCUT2D eigenvalue weighted by atomic mass is 10.0. The minimum Gasteiger partial charge on any atom is -0.480 e. The summed E-state index contributed by atoms with van der Waals surface area (Å²) in [5, 5.41) is 18.8. The van der Waals surface area contributed by atoms with Crippen LogP contribution in [-0.4, -0.2) is 44.9 Å². The number of nitrogens with one attached hydrogen (secondary N) is 2. The molecule has 1 atom stereocenters. The number of aromatic nitrogens is 2. The van der Waals surface area contributed by atoms with Crippen LogP contribution in [0.3, 0.4) is 0 Å². The summed E-state index contributed by atoms with van der Waals surface area (Å²) in [5.74, 6) is -2.17. The van der Waals surface area contributed by atoms with Crippen LogP contribution in [0.2, 0.25) is 0 Å².